The topological polar surface area (TPSA) is 44.8 Å². The second-order valence-corrected chi connectivity index (χ2v) is 6.10. The first-order valence-electron chi connectivity index (χ1n) is 8.57. The van der Waals surface area contributed by atoms with E-state index in [2.05, 4.69) is 22.0 Å². The standard InChI is InChI=1S/C16H31N3O2.ClH/c1-3-15-13-19(10-9-18(15)11-12-21-4-2)16(20)14-5-7-17-8-6-14;/h14-15,17H,3-13H2,1-2H3;1H. The van der Waals surface area contributed by atoms with Gasteiger partial charge in [-0.2, -0.15) is 0 Å². The zero-order chi connectivity index (χ0) is 15.1. The molecule has 2 saturated heterocycles. The van der Waals surface area contributed by atoms with Gasteiger partial charge in [-0.1, -0.05) is 6.92 Å². The maximum absolute atomic E-state index is 12.6. The summed E-state index contributed by atoms with van der Waals surface area (Å²) in [4.78, 5) is 17.2. The van der Waals surface area contributed by atoms with Crippen molar-refractivity contribution in [1.29, 1.82) is 0 Å². The number of hydrogen-bond acceptors (Lipinski definition) is 4. The van der Waals surface area contributed by atoms with Crippen molar-refractivity contribution in [2.24, 2.45) is 5.92 Å². The Balaban J connectivity index is 0.00000242. The highest BCUT2D eigenvalue weighted by Gasteiger charge is 2.32. The van der Waals surface area contributed by atoms with Crippen LogP contribution in [-0.2, 0) is 9.53 Å². The van der Waals surface area contributed by atoms with Crippen LogP contribution in [0.2, 0.25) is 0 Å². The normalized spacial score (nSPS) is 24.1. The Bertz CT molecular complexity index is 325. The second-order valence-electron chi connectivity index (χ2n) is 6.10. The van der Waals surface area contributed by atoms with E-state index in [9.17, 15) is 4.79 Å². The lowest BCUT2D eigenvalue weighted by molar-refractivity contribution is -0.139. The third-order valence-corrected chi connectivity index (χ3v) is 4.80. The van der Waals surface area contributed by atoms with Crippen molar-refractivity contribution < 1.29 is 9.53 Å². The van der Waals surface area contributed by atoms with Crippen LogP contribution in [-0.4, -0.2) is 74.2 Å². The molecule has 2 heterocycles. The van der Waals surface area contributed by atoms with E-state index in [4.69, 9.17) is 4.74 Å². The van der Waals surface area contributed by atoms with Crippen LogP contribution in [0, 0.1) is 5.92 Å². The summed E-state index contributed by atoms with van der Waals surface area (Å²) < 4.78 is 5.47. The van der Waals surface area contributed by atoms with Crippen LogP contribution < -0.4 is 5.32 Å². The van der Waals surface area contributed by atoms with Gasteiger partial charge in [-0.3, -0.25) is 9.69 Å². The number of ether oxygens (including phenoxy) is 1. The lowest BCUT2D eigenvalue weighted by Gasteiger charge is -2.42. The highest BCUT2D eigenvalue weighted by Crippen LogP contribution is 2.19. The first-order chi connectivity index (χ1) is 10.3. The fourth-order valence-electron chi connectivity index (χ4n) is 3.43. The number of carbonyl (C=O) groups is 1. The molecule has 1 amide bonds. The van der Waals surface area contributed by atoms with Crippen LogP contribution in [0.1, 0.15) is 33.1 Å². The SMILES string of the molecule is CCOCCN1CCN(C(=O)C2CCNCC2)CC1CC.Cl. The summed E-state index contributed by atoms with van der Waals surface area (Å²) in [6.45, 7) is 11.6. The molecule has 2 aliphatic heterocycles. The van der Waals surface area contributed by atoms with Crippen molar-refractivity contribution in [3.05, 3.63) is 0 Å². The molecule has 0 radical (unpaired) electrons. The van der Waals surface area contributed by atoms with Gasteiger partial charge < -0.3 is 15.0 Å². The number of amides is 1. The molecule has 2 rings (SSSR count). The van der Waals surface area contributed by atoms with Gasteiger partial charge in [-0.15, -0.1) is 12.4 Å². The zero-order valence-electron chi connectivity index (χ0n) is 14.1. The molecule has 1 atom stereocenters. The quantitative estimate of drug-likeness (QED) is 0.746. The van der Waals surface area contributed by atoms with Gasteiger partial charge in [0, 0.05) is 44.7 Å². The van der Waals surface area contributed by atoms with Gasteiger partial charge in [0.25, 0.3) is 0 Å². The number of halogens is 1. The largest absolute Gasteiger partial charge is 0.380 e. The van der Waals surface area contributed by atoms with E-state index in [1.165, 1.54) is 0 Å². The first kappa shape index (κ1) is 19.7. The summed E-state index contributed by atoms with van der Waals surface area (Å²) in [5.74, 6) is 0.637. The van der Waals surface area contributed by atoms with Gasteiger partial charge in [0.1, 0.15) is 0 Å². The molecule has 5 nitrogen and oxygen atoms in total. The first-order valence-corrected chi connectivity index (χ1v) is 8.57. The third-order valence-electron chi connectivity index (χ3n) is 4.80. The van der Waals surface area contributed by atoms with E-state index in [1.807, 2.05) is 6.92 Å². The average Bonchev–Trinajstić information content (AvgIpc) is 2.55. The number of piperidine rings is 1. The molecule has 1 N–H and O–H groups in total. The molecule has 130 valence electrons. The number of nitrogens with zero attached hydrogens (tertiary/aromatic N) is 2. The van der Waals surface area contributed by atoms with Crippen molar-refractivity contribution in [2.75, 3.05) is 52.5 Å². The summed E-state index contributed by atoms with van der Waals surface area (Å²) >= 11 is 0. The van der Waals surface area contributed by atoms with Crippen LogP contribution in [0.25, 0.3) is 0 Å². The molecular weight excluding hydrogens is 302 g/mol. The van der Waals surface area contributed by atoms with Gasteiger partial charge in [0.05, 0.1) is 6.61 Å². The molecule has 2 aliphatic rings. The Morgan fingerprint density at radius 3 is 2.59 bits per heavy atom. The zero-order valence-corrected chi connectivity index (χ0v) is 14.9. The fraction of sp³-hybridized carbons (Fsp3) is 0.938. The molecule has 0 bridgehead atoms. The predicted octanol–water partition coefficient (Wildman–Crippen LogP) is 1.37. The molecule has 0 spiro atoms. The Kier molecular flexibility index (Phi) is 9.33. The summed E-state index contributed by atoms with van der Waals surface area (Å²) in [5, 5.41) is 3.34. The summed E-state index contributed by atoms with van der Waals surface area (Å²) in [5.41, 5.74) is 0. The maximum Gasteiger partial charge on any atom is 0.225 e. The minimum absolute atomic E-state index is 0. The molecule has 0 saturated carbocycles. The third kappa shape index (κ3) is 5.37. The molecule has 0 aliphatic carbocycles. The molecule has 0 aromatic rings. The van der Waals surface area contributed by atoms with Gasteiger partial charge in [0.2, 0.25) is 5.91 Å². The fourth-order valence-corrected chi connectivity index (χ4v) is 3.43. The molecule has 0 aromatic carbocycles. The van der Waals surface area contributed by atoms with Crippen molar-refractivity contribution in [3.8, 4) is 0 Å². The predicted molar refractivity (Wildman–Crippen MR) is 91.6 cm³/mol. The summed E-state index contributed by atoms with van der Waals surface area (Å²) in [7, 11) is 0. The summed E-state index contributed by atoms with van der Waals surface area (Å²) in [6, 6.07) is 0.491. The van der Waals surface area contributed by atoms with Crippen molar-refractivity contribution >= 4 is 18.3 Å². The Hall–Kier alpha value is -0.360. The van der Waals surface area contributed by atoms with Gasteiger partial charge in [-0.25, -0.2) is 0 Å². The molecule has 2 fully saturated rings. The second kappa shape index (κ2) is 10.4. The van der Waals surface area contributed by atoms with E-state index in [0.717, 1.165) is 71.7 Å². The van der Waals surface area contributed by atoms with E-state index in [-0.39, 0.29) is 18.3 Å². The van der Waals surface area contributed by atoms with Crippen LogP contribution in [0.15, 0.2) is 0 Å². The van der Waals surface area contributed by atoms with Gasteiger partial charge in [-0.05, 0) is 39.3 Å². The van der Waals surface area contributed by atoms with Crippen LogP contribution >= 0.6 is 12.4 Å². The molecular formula is C16H32ClN3O2. The average molecular weight is 334 g/mol. The van der Waals surface area contributed by atoms with E-state index in [1.54, 1.807) is 0 Å². The highest BCUT2D eigenvalue weighted by molar-refractivity contribution is 5.85. The number of hydrogen-bond donors (Lipinski definition) is 1. The van der Waals surface area contributed by atoms with Crippen molar-refractivity contribution in [1.82, 2.24) is 15.1 Å². The van der Waals surface area contributed by atoms with Crippen LogP contribution in [0.4, 0.5) is 0 Å². The Morgan fingerprint density at radius 1 is 1.23 bits per heavy atom. The highest BCUT2D eigenvalue weighted by atomic mass is 35.5. The van der Waals surface area contributed by atoms with Crippen LogP contribution in [0.5, 0.6) is 0 Å². The van der Waals surface area contributed by atoms with Gasteiger partial charge in [0.15, 0.2) is 0 Å². The van der Waals surface area contributed by atoms with Crippen molar-refractivity contribution in [3.63, 3.8) is 0 Å². The van der Waals surface area contributed by atoms with E-state index in [0.29, 0.717) is 11.9 Å². The number of piperazine rings is 1. The molecule has 1 unspecified atom stereocenters. The maximum atomic E-state index is 12.6. The molecule has 0 aromatic heterocycles. The lowest BCUT2D eigenvalue weighted by Crippen LogP contribution is -2.56. The minimum atomic E-state index is 0. The van der Waals surface area contributed by atoms with Crippen LogP contribution in [0.3, 0.4) is 0 Å². The van der Waals surface area contributed by atoms with Gasteiger partial charge >= 0.3 is 0 Å². The Labute approximate surface area is 141 Å². The van der Waals surface area contributed by atoms with E-state index >= 15 is 0 Å². The summed E-state index contributed by atoms with van der Waals surface area (Å²) in [6.07, 6.45) is 3.10. The molecule has 6 heteroatoms. The number of carbonyl (C=O) groups excluding carboxylic acids is 1. The van der Waals surface area contributed by atoms with E-state index < -0.39 is 0 Å². The van der Waals surface area contributed by atoms with Crippen molar-refractivity contribution in [2.45, 2.75) is 39.2 Å². The molecule has 22 heavy (non-hydrogen) atoms. The smallest absolute Gasteiger partial charge is 0.225 e. The number of nitrogens with one attached hydrogen (secondary N) is 1. The number of rotatable bonds is 6. The minimum Gasteiger partial charge on any atom is -0.380 e. The Morgan fingerprint density at radius 2 is 1.95 bits per heavy atom. The lowest BCUT2D eigenvalue weighted by atomic mass is 9.95. The monoisotopic (exact) mass is 333 g/mol.